The smallest absolute Gasteiger partial charge is 0.340 e. The topological polar surface area (TPSA) is 78.6 Å². The van der Waals surface area contributed by atoms with E-state index >= 15 is 0 Å². The van der Waals surface area contributed by atoms with Gasteiger partial charge in [-0.2, -0.15) is 9.78 Å². The molecule has 0 aliphatic carbocycles. The first-order valence-electron chi connectivity index (χ1n) is 10.8. The second-order valence-electron chi connectivity index (χ2n) is 7.78. The lowest BCUT2D eigenvalue weighted by atomic mass is 10.0. The molecule has 0 saturated carbocycles. The Kier molecular flexibility index (Phi) is 6.93. The highest BCUT2D eigenvalue weighted by molar-refractivity contribution is 7.99. The third kappa shape index (κ3) is 5.01. The van der Waals surface area contributed by atoms with E-state index in [0.29, 0.717) is 33.9 Å². The summed E-state index contributed by atoms with van der Waals surface area (Å²) in [6.45, 7) is 6.39. The van der Waals surface area contributed by atoms with Gasteiger partial charge in [0.1, 0.15) is 5.75 Å². The van der Waals surface area contributed by atoms with Gasteiger partial charge in [-0.15, -0.1) is 10.2 Å². The summed E-state index contributed by atoms with van der Waals surface area (Å²) in [6, 6.07) is 15.7. The van der Waals surface area contributed by atoms with Crippen LogP contribution >= 0.6 is 11.8 Å². The summed E-state index contributed by atoms with van der Waals surface area (Å²) in [5, 5.41) is 14.0. The lowest BCUT2D eigenvalue weighted by Gasteiger charge is -2.16. The molecule has 3 aromatic rings. The van der Waals surface area contributed by atoms with Crippen LogP contribution in [-0.4, -0.2) is 46.0 Å². The van der Waals surface area contributed by atoms with E-state index in [-0.39, 0.29) is 6.61 Å². The van der Waals surface area contributed by atoms with Crippen molar-refractivity contribution >= 4 is 29.5 Å². The van der Waals surface area contributed by atoms with E-state index in [1.54, 1.807) is 18.7 Å². The molecule has 0 unspecified atom stereocenters. The van der Waals surface area contributed by atoms with Crippen molar-refractivity contribution in [1.82, 2.24) is 14.9 Å². The Morgan fingerprint density at radius 1 is 1.12 bits per heavy atom. The highest BCUT2D eigenvalue weighted by atomic mass is 32.2. The molecule has 2 heterocycles. The van der Waals surface area contributed by atoms with Gasteiger partial charge in [0, 0.05) is 11.3 Å². The lowest BCUT2D eigenvalue weighted by molar-refractivity contribution is -0.137. The number of hydrogen-bond acceptors (Lipinski definition) is 7. The van der Waals surface area contributed by atoms with Crippen molar-refractivity contribution in [2.45, 2.75) is 31.8 Å². The fourth-order valence-corrected chi connectivity index (χ4v) is 4.22. The fourth-order valence-electron chi connectivity index (χ4n) is 3.39. The zero-order valence-electron chi connectivity index (χ0n) is 19.1. The van der Waals surface area contributed by atoms with E-state index in [1.165, 1.54) is 17.3 Å². The molecule has 0 bridgehead atoms. The number of fused-ring (bicyclic) bond motifs is 1. The summed E-state index contributed by atoms with van der Waals surface area (Å²) in [5.74, 6) is 1.89. The third-order valence-electron chi connectivity index (χ3n) is 5.24. The Labute approximate surface area is 197 Å². The molecule has 0 fully saturated rings. The standard InChI is InChI=1S/C25H26N4O3S/c1-5-32-24(30)21(14-17-6-8-18(9-7-17)16(2)3)22-15-33-25-27-26-23(29(25)28-22)19-10-12-20(31-4)13-11-19/h6-14,16H,5,15H2,1-4H3/b21-14-. The van der Waals surface area contributed by atoms with Crippen molar-refractivity contribution in [1.29, 1.82) is 0 Å². The summed E-state index contributed by atoms with van der Waals surface area (Å²) in [4.78, 5) is 12.9. The van der Waals surface area contributed by atoms with E-state index in [0.717, 1.165) is 16.9 Å². The summed E-state index contributed by atoms with van der Waals surface area (Å²) >= 11 is 1.49. The first kappa shape index (κ1) is 22.8. The van der Waals surface area contributed by atoms with Crippen LogP contribution in [0.1, 0.15) is 37.8 Å². The molecule has 8 heteroatoms. The molecule has 0 radical (unpaired) electrons. The van der Waals surface area contributed by atoms with Crippen molar-refractivity contribution in [3.05, 3.63) is 65.2 Å². The maximum Gasteiger partial charge on any atom is 0.340 e. The highest BCUT2D eigenvalue weighted by Crippen LogP contribution is 2.30. The maximum atomic E-state index is 12.9. The molecule has 2 aromatic carbocycles. The van der Waals surface area contributed by atoms with Gasteiger partial charge < -0.3 is 9.47 Å². The van der Waals surface area contributed by atoms with Crippen LogP contribution in [0.5, 0.6) is 5.75 Å². The number of rotatable bonds is 7. The Morgan fingerprint density at radius 3 is 2.48 bits per heavy atom. The van der Waals surface area contributed by atoms with Crippen LogP contribution in [0.25, 0.3) is 17.5 Å². The highest BCUT2D eigenvalue weighted by Gasteiger charge is 2.25. The zero-order valence-corrected chi connectivity index (χ0v) is 19.9. The number of ether oxygens (including phenoxy) is 2. The molecule has 0 amide bonds. The number of nitrogens with zero attached hydrogens (tertiary/aromatic N) is 4. The Bertz CT molecular complexity index is 1200. The molecule has 33 heavy (non-hydrogen) atoms. The third-order valence-corrected chi connectivity index (χ3v) is 6.17. The Morgan fingerprint density at radius 2 is 1.85 bits per heavy atom. The van der Waals surface area contributed by atoms with Gasteiger partial charge in [0.2, 0.25) is 5.16 Å². The summed E-state index contributed by atoms with van der Waals surface area (Å²) in [5.41, 5.74) is 4.06. The molecule has 1 aliphatic heterocycles. The van der Waals surface area contributed by atoms with E-state index in [1.807, 2.05) is 42.5 Å². The monoisotopic (exact) mass is 462 g/mol. The average molecular weight is 463 g/mol. The van der Waals surface area contributed by atoms with E-state index in [9.17, 15) is 4.79 Å². The van der Waals surface area contributed by atoms with E-state index < -0.39 is 5.97 Å². The normalized spacial score (nSPS) is 13.5. The quantitative estimate of drug-likeness (QED) is 0.362. The van der Waals surface area contributed by atoms with Crippen LogP contribution < -0.4 is 4.74 Å². The number of hydrogen-bond donors (Lipinski definition) is 0. The lowest BCUT2D eigenvalue weighted by Crippen LogP contribution is -2.21. The SMILES string of the molecule is CCOC(=O)/C(=C\c1ccc(C(C)C)cc1)C1=Nn2c(nnc2-c2ccc(OC)cc2)SC1. The summed E-state index contributed by atoms with van der Waals surface area (Å²) in [6.07, 6.45) is 1.84. The molecule has 7 nitrogen and oxygen atoms in total. The molecule has 170 valence electrons. The first-order valence-corrected chi connectivity index (χ1v) is 11.8. The molecule has 0 atom stereocenters. The maximum absolute atomic E-state index is 12.9. The first-order chi connectivity index (χ1) is 16.0. The molecule has 0 spiro atoms. The van der Waals surface area contributed by atoms with Gasteiger partial charge in [-0.1, -0.05) is 49.9 Å². The van der Waals surface area contributed by atoms with Crippen LogP contribution in [-0.2, 0) is 9.53 Å². The second kappa shape index (κ2) is 10.0. The largest absolute Gasteiger partial charge is 0.497 e. The second-order valence-corrected chi connectivity index (χ2v) is 8.72. The van der Waals surface area contributed by atoms with Crippen LogP contribution in [0.2, 0.25) is 0 Å². The molecular weight excluding hydrogens is 436 g/mol. The minimum Gasteiger partial charge on any atom is -0.497 e. The van der Waals surface area contributed by atoms with Crippen LogP contribution in [0.15, 0.2) is 64.4 Å². The number of benzene rings is 2. The van der Waals surface area contributed by atoms with Crippen LogP contribution in [0.3, 0.4) is 0 Å². The van der Waals surface area contributed by atoms with Gasteiger partial charge >= 0.3 is 5.97 Å². The van der Waals surface area contributed by atoms with E-state index in [2.05, 4.69) is 36.2 Å². The molecular formula is C25H26N4O3S. The van der Waals surface area contributed by atoms with Gasteiger partial charge in [-0.05, 0) is 54.3 Å². The molecule has 1 aliphatic rings. The van der Waals surface area contributed by atoms with Gasteiger partial charge in [0.25, 0.3) is 0 Å². The number of thioether (sulfide) groups is 1. The molecule has 4 rings (SSSR count). The van der Waals surface area contributed by atoms with Gasteiger partial charge in [-0.25, -0.2) is 4.79 Å². The van der Waals surface area contributed by atoms with Crippen molar-refractivity contribution in [2.24, 2.45) is 5.10 Å². The van der Waals surface area contributed by atoms with E-state index in [4.69, 9.17) is 14.6 Å². The Balaban J connectivity index is 1.73. The molecule has 1 aromatic heterocycles. The van der Waals surface area contributed by atoms with Gasteiger partial charge in [-0.3, -0.25) is 0 Å². The Hall–Kier alpha value is -3.39. The van der Waals surface area contributed by atoms with Crippen molar-refractivity contribution in [3.63, 3.8) is 0 Å². The average Bonchev–Trinajstić information content (AvgIpc) is 3.26. The van der Waals surface area contributed by atoms with Crippen LogP contribution in [0, 0.1) is 0 Å². The summed E-state index contributed by atoms with van der Waals surface area (Å²) in [7, 11) is 1.63. The van der Waals surface area contributed by atoms with Crippen LogP contribution in [0.4, 0.5) is 0 Å². The number of aromatic nitrogens is 3. The predicted octanol–water partition coefficient (Wildman–Crippen LogP) is 5.03. The van der Waals surface area contributed by atoms with Gasteiger partial charge in [0.05, 0.1) is 25.0 Å². The van der Waals surface area contributed by atoms with Crippen molar-refractivity contribution < 1.29 is 14.3 Å². The van der Waals surface area contributed by atoms with Gasteiger partial charge in [0.15, 0.2) is 5.82 Å². The number of carbonyl (C=O) groups excluding carboxylic acids is 1. The fraction of sp³-hybridized carbons (Fsp3) is 0.280. The minimum atomic E-state index is -0.396. The molecule has 0 saturated heterocycles. The number of esters is 1. The zero-order chi connectivity index (χ0) is 23.4. The molecule has 0 N–H and O–H groups in total. The number of carbonyl (C=O) groups is 1. The van der Waals surface area contributed by atoms with Crippen molar-refractivity contribution in [2.75, 3.05) is 19.5 Å². The van der Waals surface area contributed by atoms with Crippen molar-refractivity contribution in [3.8, 4) is 17.1 Å². The number of methoxy groups -OCH3 is 1. The summed E-state index contributed by atoms with van der Waals surface area (Å²) < 4.78 is 12.3. The predicted molar refractivity (Wildman–Crippen MR) is 131 cm³/mol. The minimum absolute atomic E-state index is 0.290.